The van der Waals surface area contributed by atoms with Gasteiger partial charge in [-0.05, 0) is 30.9 Å². The molecule has 100 valence electrons. The summed E-state index contributed by atoms with van der Waals surface area (Å²) in [6.07, 6.45) is 7.76. The molecule has 0 atom stereocenters. The summed E-state index contributed by atoms with van der Waals surface area (Å²) in [4.78, 5) is 4.38. The van der Waals surface area contributed by atoms with Crippen molar-refractivity contribution in [2.45, 2.75) is 25.8 Å². The minimum absolute atomic E-state index is 0.530. The first kappa shape index (κ1) is 12.0. The van der Waals surface area contributed by atoms with Crippen LogP contribution in [0.4, 0.5) is 0 Å². The molecule has 0 spiro atoms. The fraction of sp³-hybridized carbons (Fsp3) is 0.429. The Morgan fingerprint density at radius 3 is 3.16 bits per heavy atom. The van der Waals surface area contributed by atoms with Gasteiger partial charge in [-0.15, -0.1) is 0 Å². The Kier molecular flexibility index (Phi) is 3.35. The van der Waals surface area contributed by atoms with Gasteiger partial charge >= 0.3 is 0 Å². The Balaban J connectivity index is 1.60. The summed E-state index contributed by atoms with van der Waals surface area (Å²) in [5.41, 5.74) is 8.05. The number of aromatic nitrogens is 2. The van der Waals surface area contributed by atoms with Crippen LogP contribution in [0, 0.1) is 5.92 Å². The van der Waals surface area contributed by atoms with Gasteiger partial charge in [0.2, 0.25) is 0 Å². The maximum Gasteiger partial charge on any atom is 0.188 e. The topological polar surface area (TPSA) is 67.7 Å². The number of nitrogens with two attached hydrogens (primary N) is 1. The maximum absolute atomic E-state index is 5.87. The standard InChI is InChI=1S/C14H19N5/c15-14(16-8-11-4-3-5-11)17-9-12-10-18-19-7-2-1-6-13(12)19/h1-2,6-7,10-11H,3-5,8-9H2,(H3,15,16,17). The van der Waals surface area contributed by atoms with Gasteiger partial charge in [-0.2, -0.15) is 5.10 Å². The lowest BCUT2D eigenvalue weighted by Gasteiger charge is -2.25. The van der Waals surface area contributed by atoms with E-state index in [2.05, 4.69) is 15.4 Å². The highest BCUT2D eigenvalue weighted by Gasteiger charge is 2.16. The van der Waals surface area contributed by atoms with Gasteiger partial charge < -0.3 is 11.1 Å². The normalized spacial score (nSPS) is 16.5. The number of guanidine groups is 1. The van der Waals surface area contributed by atoms with Gasteiger partial charge in [0.05, 0.1) is 18.3 Å². The Morgan fingerprint density at radius 2 is 2.37 bits per heavy atom. The van der Waals surface area contributed by atoms with Gasteiger partial charge in [0.1, 0.15) is 0 Å². The maximum atomic E-state index is 5.87. The van der Waals surface area contributed by atoms with Gasteiger partial charge in [0.25, 0.3) is 0 Å². The Labute approximate surface area is 112 Å². The highest BCUT2D eigenvalue weighted by Crippen LogP contribution is 2.24. The predicted octanol–water partition coefficient (Wildman–Crippen LogP) is 1.54. The number of fused-ring (bicyclic) bond motifs is 1. The molecule has 1 aliphatic carbocycles. The van der Waals surface area contributed by atoms with Crippen molar-refractivity contribution in [3.63, 3.8) is 0 Å². The monoisotopic (exact) mass is 257 g/mol. The molecule has 1 saturated carbocycles. The third kappa shape index (κ3) is 2.70. The van der Waals surface area contributed by atoms with Crippen LogP contribution in [0.3, 0.4) is 0 Å². The minimum Gasteiger partial charge on any atom is -0.370 e. The molecule has 3 rings (SSSR count). The van der Waals surface area contributed by atoms with Gasteiger partial charge in [-0.3, -0.25) is 0 Å². The molecule has 0 unspecified atom stereocenters. The second kappa shape index (κ2) is 5.30. The first-order valence-corrected chi connectivity index (χ1v) is 6.78. The van der Waals surface area contributed by atoms with E-state index in [-0.39, 0.29) is 0 Å². The molecule has 1 aliphatic rings. The molecule has 19 heavy (non-hydrogen) atoms. The quantitative estimate of drug-likeness (QED) is 0.645. The van der Waals surface area contributed by atoms with Crippen molar-refractivity contribution in [3.8, 4) is 0 Å². The Bertz CT molecular complexity index is 582. The summed E-state index contributed by atoms with van der Waals surface area (Å²) in [5.74, 6) is 1.31. The van der Waals surface area contributed by atoms with E-state index in [4.69, 9.17) is 5.73 Å². The minimum atomic E-state index is 0.530. The number of aliphatic imine (C=N–C) groups is 1. The van der Waals surface area contributed by atoms with Crippen LogP contribution in [0.25, 0.3) is 5.52 Å². The zero-order valence-corrected chi connectivity index (χ0v) is 10.9. The molecule has 0 aliphatic heterocycles. The summed E-state index contributed by atoms with van der Waals surface area (Å²) in [5, 5.41) is 7.48. The number of nitrogens with zero attached hydrogens (tertiary/aromatic N) is 3. The highest BCUT2D eigenvalue weighted by atomic mass is 15.2. The molecule has 1 fully saturated rings. The molecule has 2 heterocycles. The largest absolute Gasteiger partial charge is 0.370 e. The fourth-order valence-corrected chi connectivity index (χ4v) is 2.28. The van der Waals surface area contributed by atoms with Gasteiger partial charge in [0.15, 0.2) is 5.96 Å². The van der Waals surface area contributed by atoms with Crippen LogP contribution in [0.2, 0.25) is 0 Å². The second-order valence-electron chi connectivity index (χ2n) is 5.08. The van der Waals surface area contributed by atoms with E-state index < -0.39 is 0 Å². The Morgan fingerprint density at radius 1 is 1.47 bits per heavy atom. The summed E-state index contributed by atoms with van der Waals surface area (Å²) >= 11 is 0. The number of hydrogen-bond acceptors (Lipinski definition) is 2. The van der Waals surface area contributed by atoms with E-state index in [1.807, 2.05) is 35.1 Å². The van der Waals surface area contributed by atoms with Gasteiger partial charge in [-0.1, -0.05) is 12.5 Å². The second-order valence-corrected chi connectivity index (χ2v) is 5.08. The fourth-order valence-electron chi connectivity index (χ4n) is 2.28. The lowest BCUT2D eigenvalue weighted by atomic mass is 9.85. The average molecular weight is 257 g/mol. The zero-order valence-electron chi connectivity index (χ0n) is 10.9. The molecule has 2 aromatic heterocycles. The number of nitrogens with one attached hydrogen (secondary N) is 1. The van der Waals surface area contributed by atoms with E-state index in [1.54, 1.807) is 0 Å². The zero-order chi connectivity index (χ0) is 13.1. The SMILES string of the molecule is NC(=NCc1cnn2ccccc12)NCC1CCC1. The van der Waals surface area contributed by atoms with Crippen LogP contribution < -0.4 is 11.1 Å². The van der Waals surface area contributed by atoms with Crippen LogP contribution in [-0.4, -0.2) is 22.1 Å². The number of pyridine rings is 1. The van der Waals surface area contributed by atoms with Crippen molar-refractivity contribution in [1.82, 2.24) is 14.9 Å². The van der Waals surface area contributed by atoms with E-state index in [1.165, 1.54) is 19.3 Å². The predicted molar refractivity (Wildman–Crippen MR) is 75.9 cm³/mol. The number of hydrogen-bond donors (Lipinski definition) is 2. The third-order valence-electron chi connectivity index (χ3n) is 3.72. The highest BCUT2D eigenvalue weighted by molar-refractivity contribution is 5.78. The van der Waals surface area contributed by atoms with Crippen molar-refractivity contribution in [2.75, 3.05) is 6.54 Å². The Hall–Kier alpha value is -2.04. The lowest BCUT2D eigenvalue weighted by molar-refractivity contribution is 0.315. The van der Waals surface area contributed by atoms with E-state index in [0.29, 0.717) is 12.5 Å². The summed E-state index contributed by atoms with van der Waals surface area (Å²) in [6, 6.07) is 6.00. The van der Waals surface area contributed by atoms with Crippen LogP contribution in [0.15, 0.2) is 35.6 Å². The third-order valence-corrected chi connectivity index (χ3v) is 3.72. The summed E-state index contributed by atoms with van der Waals surface area (Å²) < 4.78 is 1.85. The van der Waals surface area contributed by atoms with Crippen molar-refractivity contribution in [1.29, 1.82) is 0 Å². The van der Waals surface area contributed by atoms with Gasteiger partial charge in [-0.25, -0.2) is 9.51 Å². The van der Waals surface area contributed by atoms with Crippen LogP contribution in [0.5, 0.6) is 0 Å². The molecule has 5 heteroatoms. The van der Waals surface area contributed by atoms with E-state index in [9.17, 15) is 0 Å². The molecule has 0 amide bonds. The summed E-state index contributed by atoms with van der Waals surface area (Å²) in [7, 11) is 0. The first-order valence-electron chi connectivity index (χ1n) is 6.78. The molecule has 3 N–H and O–H groups in total. The van der Waals surface area contributed by atoms with Crippen molar-refractivity contribution < 1.29 is 0 Å². The lowest BCUT2D eigenvalue weighted by Crippen LogP contribution is -2.37. The van der Waals surface area contributed by atoms with Crippen LogP contribution in [-0.2, 0) is 6.54 Å². The smallest absolute Gasteiger partial charge is 0.188 e. The van der Waals surface area contributed by atoms with Crippen LogP contribution in [0.1, 0.15) is 24.8 Å². The first-order chi connectivity index (χ1) is 9.33. The summed E-state index contributed by atoms with van der Waals surface area (Å²) in [6.45, 7) is 1.51. The molecule has 0 radical (unpaired) electrons. The van der Waals surface area contributed by atoms with Gasteiger partial charge in [0, 0.05) is 18.3 Å². The van der Waals surface area contributed by atoms with Crippen molar-refractivity contribution in [2.24, 2.45) is 16.6 Å². The molecule has 5 nitrogen and oxygen atoms in total. The molecule has 0 aromatic carbocycles. The van der Waals surface area contributed by atoms with Crippen molar-refractivity contribution in [3.05, 3.63) is 36.2 Å². The average Bonchev–Trinajstić information content (AvgIpc) is 2.78. The molecule has 2 aromatic rings. The molecular weight excluding hydrogens is 238 g/mol. The molecule has 0 bridgehead atoms. The van der Waals surface area contributed by atoms with Crippen LogP contribution >= 0.6 is 0 Å². The molecule has 0 saturated heterocycles. The van der Waals surface area contributed by atoms with E-state index in [0.717, 1.165) is 23.5 Å². The van der Waals surface area contributed by atoms with Crippen molar-refractivity contribution >= 4 is 11.5 Å². The number of rotatable bonds is 4. The molecular formula is C14H19N5. The van der Waals surface area contributed by atoms with E-state index >= 15 is 0 Å².